The van der Waals surface area contributed by atoms with Gasteiger partial charge in [0, 0.05) is 34.9 Å². The monoisotopic (exact) mass is 374 g/mol. The van der Waals surface area contributed by atoms with Crippen LogP contribution in [0.2, 0.25) is 0 Å². The molecular weight excluding hydrogens is 355 g/mol. The maximum atomic E-state index is 13.4. The van der Waals surface area contributed by atoms with Gasteiger partial charge in [-0.25, -0.2) is 19.3 Å². The largest absolute Gasteiger partial charge is 0.354 e. The van der Waals surface area contributed by atoms with Gasteiger partial charge in [-0.3, -0.25) is 5.10 Å². The Labute approximate surface area is 161 Å². The molecule has 28 heavy (non-hydrogen) atoms. The number of anilines is 1. The molecule has 0 radical (unpaired) electrons. The molecule has 0 spiro atoms. The highest BCUT2D eigenvalue weighted by Crippen LogP contribution is 2.33. The van der Waals surface area contributed by atoms with Crippen molar-refractivity contribution in [3.05, 3.63) is 54.1 Å². The average Bonchev–Trinajstić information content (AvgIpc) is 3.49. The van der Waals surface area contributed by atoms with Crippen molar-refractivity contribution < 1.29 is 4.39 Å². The molecule has 5 rings (SSSR count). The molecule has 3 heterocycles. The van der Waals surface area contributed by atoms with Crippen molar-refractivity contribution in [3.8, 4) is 22.5 Å². The minimum atomic E-state index is -0.282. The van der Waals surface area contributed by atoms with Gasteiger partial charge in [0.1, 0.15) is 5.82 Å². The van der Waals surface area contributed by atoms with Crippen LogP contribution in [0.4, 0.5) is 10.3 Å². The summed E-state index contributed by atoms with van der Waals surface area (Å²) in [6.45, 7) is 2.85. The highest BCUT2D eigenvalue weighted by Gasteiger charge is 2.21. The van der Waals surface area contributed by atoms with Crippen LogP contribution in [0.25, 0.3) is 33.5 Å². The number of aryl methyl sites for hydroxylation is 1. The van der Waals surface area contributed by atoms with Crippen molar-refractivity contribution in [3.63, 3.8) is 0 Å². The molecular formula is C21H19FN6. The van der Waals surface area contributed by atoms with E-state index < -0.39 is 0 Å². The van der Waals surface area contributed by atoms with Gasteiger partial charge < -0.3 is 5.32 Å². The van der Waals surface area contributed by atoms with Gasteiger partial charge in [0.15, 0.2) is 5.65 Å². The summed E-state index contributed by atoms with van der Waals surface area (Å²) in [6, 6.07) is 10.2. The summed E-state index contributed by atoms with van der Waals surface area (Å²) in [4.78, 5) is 13.8. The zero-order valence-corrected chi connectivity index (χ0v) is 15.4. The van der Waals surface area contributed by atoms with Crippen molar-refractivity contribution in [2.45, 2.75) is 19.8 Å². The van der Waals surface area contributed by atoms with E-state index in [2.05, 4.69) is 20.5 Å². The van der Waals surface area contributed by atoms with E-state index in [1.54, 1.807) is 18.3 Å². The molecule has 140 valence electrons. The number of hydrogen-bond donors (Lipinski definition) is 2. The maximum Gasteiger partial charge on any atom is 0.223 e. The lowest BCUT2D eigenvalue weighted by molar-refractivity contribution is 0.628. The Morgan fingerprint density at radius 2 is 1.96 bits per heavy atom. The van der Waals surface area contributed by atoms with Gasteiger partial charge in [-0.15, -0.1) is 0 Å². The first-order valence-electron chi connectivity index (χ1n) is 9.36. The quantitative estimate of drug-likeness (QED) is 0.543. The van der Waals surface area contributed by atoms with E-state index in [0.29, 0.717) is 17.3 Å². The van der Waals surface area contributed by atoms with E-state index in [1.165, 1.54) is 25.0 Å². The Morgan fingerprint density at radius 1 is 1.14 bits per heavy atom. The minimum Gasteiger partial charge on any atom is -0.354 e. The number of nitrogens with one attached hydrogen (secondary N) is 2. The van der Waals surface area contributed by atoms with Gasteiger partial charge in [-0.2, -0.15) is 5.10 Å². The van der Waals surface area contributed by atoms with Crippen LogP contribution in [0, 0.1) is 18.7 Å². The van der Waals surface area contributed by atoms with Crippen molar-refractivity contribution in [1.82, 2.24) is 25.1 Å². The molecule has 0 unspecified atom stereocenters. The van der Waals surface area contributed by atoms with Crippen molar-refractivity contribution in [2.24, 2.45) is 5.92 Å². The molecule has 6 nitrogen and oxygen atoms in total. The zero-order valence-electron chi connectivity index (χ0n) is 15.4. The fourth-order valence-corrected chi connectivity index (χ4v) is 3.24. The average molecular weight is 374 g/mol. The molecule has 1 aromatic carbocycles. The molecule has 1 fully saturated rings. The number of nitrogens with zero attached hydrogens (tertiary/aromatic N) is 4. The first-order valence-corrected chi connectivity index (χ1v) is 9.36. The number of benzene rings is 1. The Kier molecular flexibility index (Phi) is 4.00. The van der Waals surface area contributed by atoms with Gasteiger partial charge in [0.25, 0.3) is 0 Å². The van der Waals surface area contributed by atoms with E-state index in [4.69, 9.17) is 9.97 Å². The van der Waals surface area contributed by atoms with Crippen LogP contribution in [0.1, 0.15) is 18.5 Å². The Bertz CT molecular complexity index is 1150. The first-order chi connectivity index (χ1) is 13.7. The summed E-state index contributed by atoms with van der Waals surface area (Å²) < 4.78 is 13.4. The second-order valence-corrected chi connectivity index (χ2v) is 7.20. The van der Waals surface area contributed by atoms with E-state index >= 15 is 0 Å². The minimum absolute atomic E-state index is 0.282. The zero-order chi connectivity index (χ0) is 19.1. The molecule has 0 bridgehead atoms. The number of halogens is 1. The van der Waals surface area contributed by atoms with Crippen LogP contribution in [0.15, 0.2) is 42.6 Å². The summed E-state index contributed by atoms with van der Waals surface area (Å²) in [6.07, 6.45) is 4.28. The third-order valence-corrected chi connectivity index (χ3v) is 5.03. The maximum absolute atomic E-state index is 13.4. The lowest BCUT2D eigenvalue weighted by Gasteiger charge is -2.11. The third kappa shape index (κ3) is 3.19. The standard InChI is InChI=1S/C21H19FN6/c1-12-16-10-17(18-8-9-23-21(25-18)24-11-13-2-3-13)19(26-20(16)28-27-12)14-4-6-15(22)7-5-14/h4-10,13H,2-3,11H2,1H3,(H,23,24,25)(H,26,27,28). The lowest BCUT2D eigenvalue weighted by Crippen LogP contribution is -2.07. The fourth-order valence-electron chi connectivity index (χ4n) is 3.24. The predicted molar refractivity (Wildman–Crippen MR) is 106 cm³/mol. The van der Waals surface area contributed by atoms with Crippen molar-refractivity contribution >= 4 is 17.0 Å². The summed E-state index contributed by atoms with van der Waals surface area (Å²) in [7, 11) is 0. The second kappa shape index (κ2) is 6.67. The highest BCUT2D eigenvalue weighted by atomic mass is 19.1. The van der Waals surface area contributed by atoms with Crippen LogP contribution in [0.3, 0.4) is 0 Å². The number of H-pyrrole nitrogens is 1. The third-order valence-electron chi connectivity index (χ3n) is 5.03. The van der Waals surface area contributed by atoms with Crippen LogP contribution < -0.4 is 5.32 Å². The molecule has 4 aromatic rings. The highest BCUT2D eigenvalue weighted by molar-refractivity contribution is 5.90. The predicted octanol–water partition coefficient (Wildman–Crippen LogP) is 4.35. The number of hydrogen-bond acceptors (Lipinski definition) is 5. The Morgan fingerprint density at radius 3 is 2.75 bits per heavy atom. The van der Waals surface area contributed by atoms with Gasteiger partial charge in [-0.05, 0) is 62.1 Å². The van der Waals surface area contributed by atoms with E-state index in [1.807, 2.05) is 19.1 Å². The van der Waals surface area contributed by atoms with Crippen LogP contribution in [-0.2, 0) is 0 Å². The molecule has 0 aliphatic heterocycles. The number of rotatable bonds is 5. The number of aromatic nitrogens is 5. The van der Waals surface area contributed by atoms with Gasteiger partial charge in [-0.1, -0.05) is 0 Å². The summed E-state index contributed by atoms with van der Waals surface area (Å²) in [5.41, 5.74) is 4.72. The summed E-state index contributed by atoms with van der Waals surface area (Å²) >= 11 is 0. The fraction of sp³-hybridized carbons (Fsp3) is 0.238. The SMILES string of the molecule is Cc1[nH]nc2nc(-c3ccc(F)cc3)c(-c3ccnc(NCC4CC4)n3)cc12. The summed E-state index contributed by atoms with van der Waals surface area (Å²) in [5, 5.41) is 11.5. The van der Waals surface area contributed by atoms with E-state index in [9.17, 15) is 4.39 Å². The van der Waals surface area contributed by atoms with Crippen LogP contribution >= 0.6 is 0 Å². The number of pyridine rings is 1. The topological polar surface area (TPSA) is 79.4 Å². The molecule has 0 saturated heterocycles. The molecule has 0 atom stereocenters. The Balaban J connectivity index is 1.64. The van der Waals surface area contributed by atoms with Gasteiger partial charge in [0.2, 0.25) is 5.95 Å². The Hall–Kier alpha value is -3.35. The molecule has 0 amide bonds. The van der Waals surface area contributed by atoms with Crippen LogP contribution in [-0.4, -0.2) is 31.7 Å². The smallest absolute Gasteiger partial charge is 0.223 e. The summed E-state index contributed by atoms with van der Waals surface area (Å²) in [5.74, 6) is 1.06. The normalized spacial score (nSPS) is 13.8. The van der Waals surface area contributed by atoms with Crippen molar-refractivity contribution in [1.29, 1.82) is 0 Å². The molecule has 1 aliphatic carbocycles. The lowest BCUT2D eigenvalue weighted by atomic mass is 10.0. The molecule has 1 aliphatic rings. The molecule has 1 saturated carbocycles. The van der Waals surface area contributed by atoms with Gasteiger partial charge >= 0.3 is 0 Å². The van der Waals surface area contributed by atoms with E-state index in [-0.39, 0.29) is 5.82 Å². The number of fused-ring (bicyclic) bond motifs is 1. The molecule has 2 N–H and O–H groups in total. The number of aromatic amines is 1. The molecule has 7 heteroatoms. The first kappa shape index (κ1) is 16.8. The van der Waals surface area contributed by atoms with Crippen LogP contribution in [0.5, 0.6) is 0 Å². The molecule has 3 aromatic heterocycles. The van der Waals surface area contributed by atoms with Crippen molar-refractivity contribution in [2.75, 3.05) is 11.9 Å². The van der Waals surface area contributed by atoms with E-state index in [0.717, 1.165) is 40.4 Å². The van der Waals surface area contributed by atoms with Gasteiger partial charge in [0.05, 0.1) is 11.4 Å². The second-order valence-electron chi connectivity index (χ2n) is 7.20.